The molecule has 0 aliphatic rings. The molecule has 0 aromatic heterocycles. The van der Waals surface area contributed by atoms with E-state index in [9.17, 15) is 5.26 Å². The van der Waals surface area contributed by atoms with Crippen LogP contribution in [0.2, 0.25) is 0 Å². The van der Waals surface area contributed by atoms with Crippen molar-refractivity contribution < 1.29 is 4.74 Å². The van der Waals surface area contributed by atoms with Crippen molar-refractivity contribution in [1.82, 2.24) is 0 Å². The Balaban J connectivity index is 2.60. The highest BCUT2D eigenvalue weighted by atomic mass is 16.5. The zero-order valence-electron chi connectivity index (χ0n) is 10.8. The maximum absolute atomic E-state index is 9.21. The molecule has 0 amide bonds. The minimum Gasteiger partial charge on any atom is -0.497 e. The summed E-state index contributed by atoms with van der Waals surface area (Å²) < 4.78 is 5.11. The molecule has 0 aliphatic heterocycles. The van der Waals surface area contributed by atoms with Gasteiger partial charge in [-0.05, 0) is 47.9 Å². The quantitative estimate of drug-likeness (QED) is 0.818. The van der Waals surface area contributed by atoms with Crippen LogP contribution in [0.15, 0.2) is 36.4 Å². The molecule has 0 bridgehead atoms. The first-order valence-electron chi connectivity index (χ1n) is 5.79. The summed E-state index contributed by atoms with van der Waals surface area (Å²) in [5, 5.41) is 18.3. The highest BCUT2D eigenvalue weighted by Crippen LogP contribution is 2.28. The van der Waals surface area contributed by atoms with Crippen LogP contribution in [0.3, 0.4) is 0 Å². The van der Waals surface area contributed by atoms with Crippen molar-refractivity contribution in [2.45, 2.75) is 6.92 Å². The highest BCUT2D eigenvalue weighted by Gasteiger charge is 2.08. The molecule has 0 atom stereocenters. The molecular formula is C16H12N2O. The summed E-state index contributed by atoms with van der Waals surface area (Å²) in [6, 6.07) is 15.3. The Morgan fingerprint density at radius 3 is 2.32 bits per heavy atom. The molecule has 0 radical (unpaired) electrons. The molecule has 92 valence electrons. The van der Waals surface area contributed by atoms with E-state index in [0.29, 0.717) is 16.9 Å². The molecule has 3 nitrogen and oxygen atoms in total. The van der Waals surface area contributed by atoms with Crippen LogP contribution >= 0.6 is 0 Å². The van der Waals surface area contributed by atoms with E-state index in [1.165, 1.54) is 0 Å². The lowest BCUT2D eigenvalue weighted by atomic mass is 9.97. The first-order chi connectivity index (χ1) is 9.19. The van der Waals surface area contributed by atoms with Gasteiger partial charge in [-0.1, -0.05) is 12.1 Å². The molecule has 0 spiro atoms. The lowest BCUT2D eigenvalue weighted by Gasteiger charge is -2.08. The molecule has 0 N–H and O–H groups in total. The van der Waals surface area contributed by atoms with Gasteiger partial charge < -0.3 is 4.74 Å². The fourth-order valence-corrected chi connectivity index (χ4v) is 1.90. The predicted molar refractivity (Wildman–Crippen MR) is 72.6 cm³/mol. The van der Waals surface area contributed by atoms with Gasteiger partial charge >= 0.3 is 0 Å². The smallest absolute Gasteiger partial charge is 0.120 e. The average molecular weight is 248 g/mol. The Labute approximate surface area is 112 Å². The van der Waals surface area contributed by atoms with Crippen molar-refractivity contribution in [2.24, 2.45) is 0 Å². The molecule has 3 heteroatoms. The van der Waals surface area contributed by atoms with Gasteiger partial charge in [-0.3, -0.25) is 0 Å². The molecule has 0 heterocycles. The van der Waals surface area contributed by atoms with E-state index in [1.807, 2.05) is 31.2 Å². The number of benzene rings is 2. The summed E-state index contributed by atoms with van der Waals surface area (Å²) in [5.74, 6) is 0.646. The number of hydrogen-bond acceptors (Lipinski definition) is 3. The van der Waals surface area contributed by atoms with Crippen molar-refractivity contribution in [3.8, 4) is 29.0 Å². The minimum absolute atomic E-state index is 0.534. The van der Waals surface area contributed by atoms with Crippen molar-refractivity contribution >= 4 is 0 Å². The van der Waals surface area contributed by atoms with Crippen LogP contribution in [-0.2, 0) is 0 Å². The fourth-order valence-electron chi connectivity index (χ4n) is 1.90. The standard InChI is InChI=1S/C16H12N2O/c1-11-3-4-12(7-13(11)9-17)16-6-5-15(19-2)8-14(16)10-18/h3-8H,1-2H3. The second-order valence-electron chi connectivity index (χ2n) is 4.16. The van der Waals surface area contributed by atoms with Gasteiger partial charge in [0.25, 0.3) is 0 Å². The Morgan fingerprint density at radius 1 is 0.947 bits per heavy atom. The van der Waals surface area contributed by atoms with Crippen LogP contribution in [0.5, 0.6) is 5.75 Å². The van der Waals surface area contributed by atoms with E-state index in [2.05, 4.69) is 12.1 Å². The Kier molecular flexibility index (Phi) is 3.50. The predicted octanol–water partition coefficient (Wildman–Crippen LogP) is 3.41. The van der Waals surface area contributed by atoms with E-state index < -0.39 is 0 Å². The molecule has 2 rings (SSSR count). The van der Waals surface area contributed by atoms with Gasteiger partial charge in [0.05, 0.1) is 30.4 Å². The number of hydrogen-bond donors (Lipinski definition) is 0. The normalized spacial score (nSPS) is 9.47. The van der Waals surface area contributed by atoms with E-state index in [-0.39, 0.29) is 0 Å². The van der Waals surface area contributed by atoms with E-state index in [0.717, 1.165) is 16.7 Å². The van der Waals surface area contributed by atoms with E-state index >= 15 is 0 Å². The van der Waals surface area contributed by atoms with Crippen LogP contribution in [-0.4, -0.2) is 7.11 Å². The topological polar surface area (TPSA) is 56.8 Å². The van der Waals surface area contributed by atoms with Gasteiger partial charge in [0.2, 0.25) is 0 Å². The number of ether oxygens (including phenoxy) is 1. The van der Waals surface area contributed by atoms with Gasteiger partial charge in [-0.2, -0.15) is 10.5 Å². The van der Waals surface area contributed by atoms with Crippen molar-refractivity contribution in [2.75, 3.05) is 7.11 Å². The molecular weight excluding hydrogens is 236 g/mol. The van der Waals surface area contributed by atoms with Crippen LogP contribution < -0.4 is 4.74 Å². The van der Waals surface area contributed by atoms with Crippen molar-refractivity contribution in [1.29, 1.82) is 10.5 Å². The van der Waals surface area contributed by atoms with Crippen molar-refractivity contribution in [3.05, 3.63) is 53.1 Å². The third kappa shape index (κ3) is 2.41. The monoisotopic (exact) mass is 248 g/mol. The third-order valence-corrected chi connectivity index (χ3v) is 3.02. The summed E-state index contributed by atoms with van der Waals surface area (Å²) >= 11 is 0. The van der Waals surface area contributed by atoms with Gasteiger partial charge in [0.1, 0.15) is 5.75 Å². The van der Waals surface area contributed by atoms with Gasteiger partial charge in [0.15, 0.2) is 0 Å². The zero-order chi connectivity index (χ0) is 13.8. The van der Waals surface area contributed by atoms with Crippen LogP contribution in [0.25, 0.3) is 11.1 Å². The summed E-state index contributed by atoms with van der Waals surface area (Å²) in [5.41, 5.74) is 3.75. The summed E-state index contributed by atoms with van der Waals surface area (Å²) in [6.45, 7) is 1.89. The molecule has 19 heavy (non-hydrogen) atoms. The first kappa shape index (κ1) is 12.7. The zero-order valence-corrected chi connectivity index (χ0v) is 10.8. The molecule has 0 aliphatic carbocycles. The minimum atomic E-state index is 0.534. The number of aryl methyl sites for hydroxylation is 1. The number of methoxy groups -OCH3 is 1. The molecule has 0 fully saturated rings. The van der Waals surface area contributed by atoms with Crippen molar-refractivity contribution in [3.63, 3.8) is 0 Å². The lowest BCUT2D eigenvalue weighted by molar-refractivity contribution is 0.414. The van der Waals surface area contributed by atoms with Gasteiger partial charge in [-0.15, -0.1) is 0 Å². The summed E-state index contributed by atoms with van der Waals surface area (Å²) in [6.07, 6.45) is 0. The fraction of sp³-hybridized carbons (Fsp3) is 0.125. The van der Waals surface area contributed by atoms with Crippen LogP contribution in [0.1, 0.15) is 16.7 Å². The first-order valence-corrected chi connectivity index (χ1v) is 5.79. The summed E-state index contributed by atoms with van der Waals surface area (Å²) in [4.78, 5) is 0. The Hall–Kier alpha value is -2.78. The molecule has 2 aromatic rings. The van der Waals surface area contributed by atoms with Gasteiger partial charge in [-0.25, -0.2) is 0 Å². The number of nitriles is 2. The second-order valence-corrected chi connectivity index (χ2v) is 4.16. The molecule has 0 saturated carbocycles. The Bertz CT molecular complexity index is 706. The lowest BCUT2D eigenvalue weighted by Crippen LogP contribution is -1.90. The number of rotatable bonds is 2. The highest BCUT2D eigenvalue weighted by molar-refractivity contribution is 5.73. The molecule has 0 unspecified atom stereocenters. The number of nitrogens with zero attached hydrogens (tertiary/aromatic N) is 2. The summed E-state index contributed by atoms with van der Waals surface area (Å²) in [7, 11) is 1.57. The third-order valence-electron chi connectivity index (χ3n) is 3.02. The maximum Gasteiger partial charge on any atom is 0.120 e. The maximum atomic E-state index is 9.21. The largest absolute Gasteiger partial charge is 0.497 e. The van der Waals surface area contributed by atoms with E-state index in [1.54, 1.807) is 19.2 Å². The molecule has 0 saturated heterocycles. The SMILES string of the molecule is COc1ccc(-c2ccc(C)c(C#N)c2)c(C#N)c1. The van der Waals surface area contributed by atoms with Crippen LogP contribution in [0, 0.1) is 29.6 Å². The van der Waals surface area contributed by atoms with Crippen LogP contribution in [0.4, 0.5) is 0 Å². The second kappa shape index (κ2) is 5.25. The Morgan fingerprint density at radius 2 is 1.68 bits per heavy atom. The van der Waals surface area contributed by atoms with E-state index in [4.69, 9.17) is 10.00 Å². The average Bonchev–Trinajstić information content (AvgIpc) is 2.47. The van der Waals surface area contributed by atoms with Gasteiger partial charge in [0, 0.05) is 0 Å². The molecule has 2 aromatic carbocycles.